The second-order valence-electron chi connectivity index (χ2n) is 4.20. The molecule has 3 heterocycles. The van der Waals surface area contributed by atoms with Crippen molar-refractivity contribution in [2.75, 3.05) is 5.01 Å². The summed E-state index contributed by atoms with van der Waals surface area (Å²) in [6.07, 6.45) is 1.67. The maximum absolute atomic E-state index is 10.7. The molecule has 0 radical (unpaired) electrons. The molecule has 20 heavy (non-hydrogen) atoms. The number of benzene rings is 1. The fraction of sp³-hybridized carbons (Fsp3) is 0.0909. The van der Waals surface area contributed by atoms with E-state index in [2.05, 4.69) is 20.6 Å². The molecule has 1 unspecified atom stereocenters. The third-order valence-corrected chi connectivity index (χ3v) is 5.27. The van der Waals surface area contributed by atoms with Crippen LogP contribution in [0, 0.1) is 10.1 Å². The van der Waals surface area contributed by atoms with E-state index >= 15 is 0 Å². The normalized spacial score (nSPS) is 19.7. The number of nitro groups is 1. The maximum atomic E-state index is 10.7. The summed E-state index contributed by atoms with van der Waals surface area (Å²) in [6, 6.07) is 6.65. The Bertz CT molecular complexity index is 727. The number of non-ortho nitro benzene ring substituents is 1. The molecule has 9 heteroatoms. The highest BCUT2D eigenvalue weighted by molar-refractivity contribution is 8.07. The monoisotopic (exact) mass is 305 g/mol. The van der Waals surface area contributed by atoms with Gasteiger partial charge in [0.25, 0.3) is 5.69 Å². The van der Waals surface area contributed by atoms with Crippen LogP contribution in [0.25, 0.3) is 0 Å². The van der Waals surface area contributed by atoms with Crippen LogP contribution in [0.15, 0.2) is 46.2 Å². The number of fused-ring (bicyclic) bond motifs is 3. The number of hydrogen-bond donors (Lipinski definition) is 0. The minimum absolute atomic E-state index is 0.0514. The average molecular weight is 305 g/mol. The largest absolute Gasteiger partial charge is 0.269 e. The summed E-state index contributed by atoms with van der Waals surface area (Å²) in [5, 5.41) is 24.8. The van der Waals surface area contributed by atoms with Crippen molar-refractivity contribution >= 4 is 29.2 Å². The lowest BCUT2D eigenvalue weighted by Crippen LogP contribution is -2.28. The van der Waals surface area contributed by atoms with Crippen LogP contribution in [-0.2, 0) is 0 Å². The molecule has 0 N–H and O–H groups in total. The molecule has 0 spiro atoms. The zero-order chi connectivity index (χ0) is 13.7. The van der Waals surface area contributed by atoms with Gasteiger partial charge in [-0.25, -0.2) is 4.68 Å². The summed E-state index contributed by atoms with van der Waals surface area (Å²) in [5.74, 6) is 0. The van der Waals surface area contributed by atoms with Crippen LogP contribution in [-0.4, -0.2) is 19.8 Å². The van der Waals surface area contributed by atoms with E-state index in [9.17, 15) is 10.1 Å². The summed E-state index contributed by atoms with van der Waals surface area (Å²) >= 11 is 3.23. The van der Waals surface area contributed by atoms with Gasteiger partial charge in [-0.1, -0.05) is 11.8 Å². The van der Waals surface area contributed by atoms with Crippen molar-refractivity contribution in [3.8, 4) is 0 Å². The fourth-order valence-corrected chi connectivity index (χ4v) is 4.36. The predicted molar refractivity (Wildman–Crippen MR) is 75.6 cm³/mol. The third-order valence-electron chi connectivity index (χ3n) is 3.06. The highest BCUT2D eigenvalue weighted by atomic mass is 32.2. The van der Waals surface area contributed by atoms with E-state index in [-0.39, 0.29) is 11.1 Å². The maximum Gasteiger partial charge on any atom is 0.269 e. The Hall–Kier alpha value is -2.00. The van der Waals surface area contributed by atoms with Gasteiger partial charge in [0.1, 0.15) is 16.7 Å². The zero-order valence-corrected chi connectivity index (χ0v) is 11.5. The van der Waals surface area contributed by atoms with E-state index in [0.29, 0.717) is 0 Å². The van der Waals surface area contributed by atoms with Crippen LogP contribution in [0.4, 0.5) is 5.69 Å². The van der Waals surface area contributed by atoms with Gasteiger partial charge in [0.2, 0.25) is 5.16 Å². The standard InChI is InChI=1S/C11H7N5O2S2/c17-16(18)8-3-1-7(2-4-8)10-15-9(5-19-10)20-11-13-12-6-14(11)15/h1-6,10H. The van der Waals surface area contributed by atoms with Crippen molar-refractivity contribution < 1.29 is 4.92 Å². The molecule has 0 amide bonds. The Labute approximate surface area is 121 Å². The Morgan fingerprint density at radius 1 is 1.30 bits per heavy atom. The molecular formula is C11H7N5O2S2. The van der Waals surface area contributed by atoms with Gasteiger partial charge in [-0.15, -0.1) is 10.2 Å². The Balaban J connectivity index is 1.69. The number of hydrogen-bond acceptors (Lipinski definition) is 7. The first kappa shape index (κ1) is 11.8. The topological polar surface area (TPSA) is 77.1 Å². The van der Waals surface area contributed by atoms with E-state index in [4.69, 9.17) is 0 Å². The lowest BCUT2D eigenvalue weighted by Gasteiger charge is -2.24. The summed E-state index contributed by atoms with van der Waals surface area (Å²) in [5.41, 5.74) is 1.11. The molecule has 0 bridgehead atoms. The van der Waals surface area contributed by atoms with Gasteiger partial charge >= 0.3 is 0 Å². The van der Waals surface area contributed by atoms with Gasteiger partial charge in [0.15, 0.2) is 0 Å². The Morgan fingerprint density at radius 2 is 2.10 bits per heavy atom. The minimum atomic E-state index is -0.390. The van der Waals surface area contributed by atoms with E-state index in [1.54, 1.807) is 42.0 Å². The van der Waals surface area contributed by atoms with Gasteiger partial charge in [-0.3, -0.25) is 15.1 Å². The summed E-state index contributed by atoms with van der Waals surface area (Å²) in [4.78, 5) is 10.3. The molecule has 1 atom stereocenters. The first-order chi connectivity index (χ1) is 9.74. The third kappa shape index (κ3) is 1.63. The summed E-state index contributed by atoms with van der Waals surface area (Å²) < 4.78 is 1.91. The molecule has 0 saturated heterocycles. The number of rotatable bonds is 2. The highest BCUT2D eigenvalue weighted by Crippen LogP contribution is 2.50. The molecule has 2 aliphatic heterocycles. The molecular weight excluding hydrogens is 298 g/mol. The number of nitrogens with zero attached hydrogens (tertiary/aromatic N) is 5. The van der Waals surface area contributed by atoms with Gasteiger partial charge in [-0.2, -0.15) is 0 Å². The lowest BCUT2D eigenvalue weighted by molar-refractivity contribution is -0.384. The molecule has 2 aromatic rings. The van der Waals surface area contributed by atoms with Crippen molar-refractivity contribution in [1.82, 2.24) is 14.9 Å². The van der Waals surface area contributed by atoms with E-state index in [1.807, 2.05) is 4.68 Å². The van der Waals surface area contributed by atoms with Crippen LogP contribution in [0.1, 0.15) is 10.9 Å². The number of thioether (sulfide) groups is 2. The molecule has 1 aromatic heterocycles. The van der Waals surface area contributed by atoms with Gasteiger partial charge in [0.05, 0.1) is 4.92 Å². The van der Waals surface area contributed by atoms with Gasteiger partial charge < -0.3 is 0 Å². The molecule has 2 aliphatic rings. The van der Waals surface area contributed by atoms with Crippen molar-refractivity contribution in [3.63, 3.8) is 0 Å². The van der Waals surface area contributed by atoms with Gasteiger partial charge in [-0.05, 0) is 29.5 Å². The summed E-state index contributed by atoms with van der Waals surface area (Å²) in [6.45, 7) is 0. The SMILES string of the molecule is O=[N+]([O-])c1ccc(C2SC=C3Sc4nncn4N32)cc1. The molecule has 0 saturated carbocycles. The molecule has 100 valence electrons. The van der Waals surface area contributed by atoms with Crippen molar-refractivity contribution in [2.45, 2.75) is 10.5 Å². The molecule has 7 nitrogen and oxygen atoms in total. The molecule has 0 fully saturated rings. The highest BCUT2D eigenvalue weighted by Gasteiger charge is 2.37. The predicted octanol–water partition coefficient (Wildman–Crippen LogP) is 2.47. The van der Waals surface area contributed by atoms with Crippen molar-refractivity contribution in [2.24, 2.45) is 0 Å². The van der Waals surface area contributed by atoms with E-state index < -0.39 is 4.92 Å². The molecule has 1 aromatic carbocycles. The quantitative estimate of drug-likeness (QED) is 0.623. The average Bonchev–Trinajstić information content (AvgIpc) is 3.10. The van der Waals surface area contributed by atoms with Crippen LogP contribution in [0.2, 0.25) is 0 Å². The second-order valence-corrected chi connectivity index (χ2v) is 6.14. The second kappa shape index (κ2) is 4.25. The molecule has 0 aliphatic carbocycles. The van der Waals surface area contributed by atoms with Crippen molar-refractivity contribution in [3.05, 3.63) is 56.7 Å². The van der Waals surface area contributed by atoms with E-state index in [1.165, 1.54) is 12.1 Å². The number of aromatic nitrogens is 3. The van der Waals surface area contributed by atoms with Gasteiger partial charge in [0, 0.05) is 17.5 Å². The first-order valence-corrected chi connectivity index (χ1v) is 7.47. The van der Waals surface area contributed by atoms with E-state index in [0.717, 1.165) is 15.7 Å². The molecule has 4 rings (SSSR count). The van der Waals surface area contributed by atoms with Crippen LogP contribution in [0.5, 0.6) is 0 Å². The zero-order valence-electron chi connectivity index (χ0n) is 9.91. The smallest absolute Gasteiger partial charge is 0.258 e. The van der Waals surface area contributed by atoms with Crippen LogP contribution < -0.4 is 5.01 Å². The number of nitro benzene ring substituents is 1. The fourth-order valence-electron chi connectivity index (χ4n) is 2.15. The minimum Gasteiger partial charge on any atom is -0.258 e. The lowest BCUT2D eigenvalue weighted by atomic mass is 10.2. The Kier molecular flexibility index (Phi) is 2.51. The Morgan fingerprint density at radius 3 is 2.85 bits per heavy atom. The first-order valence-electron chi connectivity index (χ1n) is 5.71. The summed E-state index contributed by atoms with van der Waals surface area (Å²) in [7, 11) is 0. The van der Waals surface area contributed by atoms with Crippen molar-refractivity contribution in [1.29, 1.82) is 0 Å². The van der Waals surface area contributed by atoms with Crippen LogP contribution in [0.3, 0.4) is 0 Å². The van der Waals surface area contributed by atoms with Crippen LogP contribution >= 0.6 is 23.5 Å².